The number of nitrogens with one attached hydrogen (secondary N) is 1. The largest absolute Gasteiger partial charge is 0.388 e. The lowest BCUT2D eigenvalue weighted by Crippen LogP contribution is -2.41. The molecule has 5 heteroatoms. The topological polar surface area (TPSA) is 79.9 Å². The monoisotopic (exact) mass is 257 g/mol. The molecule has 0 aliphatic carbocycles. The molecule has 0 radical (unpaired) electrons. The Morgan fingerprint density at radius 1 is 1.33 bits per heavy atom. The maximum absolute atomic E-state index is 10.2. The molecular weight excluding hydrogens is 230 g/mol. The third-order valence-corrected chi connectivity index (χ3v) is 3.30. The average Bonchev–Trinajstić information content (AvgIpc) is 2.37. The summed E-state index contributed by atoms with van der Waals surface area (Å²) in [7, 11) is 0. The van der Waals surface area contributed by atoms with Crippen LogP contribution in [0.4, 0.5) is 0 Å². The van der Waals surface area contributed by atoms with E-state index in [0.717, 1.165) is 13.0 Å². The Kier molecular flexibility index (Phi) is 7.05. The first kappa shape index (κ1) is 15.2. The number of guanidine groups is 1. The average molecular weight is 257 g/mol. The van der Waals surface area contributed by atoms with Crippen LogP contribution in [0.25, 0.3) is 0 Å². The molecule has 0 aromatic rings. The molecule has 1 aliphatic rings. The molecule has 1 rings (SSSR count). The molecule has 18 heavy (non-hydrogen) atoms. The van der Waals surface area contributed by atoms with Crippen molar-refractivity contribution in [2.24, 2.45) is 10.7 Å². The van der Waals surface area contributed by atoms with Crippen molar-refractivity contribution in [3.05, 3.63) is 0 Å². The van der Waals surface area contributed by atoms with E-state index in [0.29, 0.717) is 38.6 Å². The van der Waals surface area contributed by atoms with Crippen LogP contribution < -0.4 is 11.1 Å². The molecule has 4 N–H and O–H groups in total. The molecule has 1 saturated heterocycles. The Morgan fingerprint density at radius 2 is 2.06 bits per heavy atom. The summed E-state index contributed by atoms with van der Waals surface area (Å²) in [5.41, 5.74) is 5.03. The van der Waals surface area contributed by atoms with Gasteiger partial charge in [-0.1, -0.05) is 26.2 Å². The fraction of sp³-hybridized carbons (Fsp3) is 0.923. The van der Waals surface area contributed by atoms with E-state index in [9.17, 15) is 5.11 Å². The second kappa shape index (κ2) is 8.32. The fourth-order valence-electron chi connectivity index (χ4n) is 1.97. The second-order valence-corrected chi connectivity index (χ2v) is 5.03. The van der Waals surface area contributed by atoms with Crippen LogP contribution in [-0.4, -0.2) is 43.0 Å². The summed E-state index contributed by atoms with van der Waals surface area (Å²) in [6.07, 6.45) is 6.11. The third kappa shape index (κ3) is 6.21. The quantitative estimate of drug-likeness (QED) is 0.361. The minimum atomic E-state index is -0.729. The van der Waals surface area contributed by atoms with Gasteiger partial charge >= 0.3 is 0 Å². The number of ether oxygens (including phenoxy) is 1. The van der Waals surface area contributed by atoms with Crippen LogP contribution in [0.1, 0.15) is 45.4 Å². The van der Waals surface area contributed by atoms with Gasteiger partial charge in [-0.25, -0.2) is 0 Å². The van der Waals surface area contributed by atoms with Gasteiger partial charge in [0.2, 0.25) is 0 Å². The molecule has 0 saturated carbocycles. The zero-order valence-electron chi connectivity index (χ0n) is 11.5. The van der Waals surface area contributed by atoms with Gasteiger partial charge in [-0.2, -0.15) is 0 Å². The van der Waals surface area contributed by atoms with E-state index in [2.05, 4.69) is 17.2 Å². The zero-order chi connectivity index (χ0) is 13.3. The van der Waals surface area contributed by atoms with E-state index in [1.54, 1.807) is 0 Å². The van der Waals surface area contributed by atoms with Gasteiger partial charge in [0, 0.05) is 32.6 Å². The molecule has 1 aliphatic heterocycles. The standard InChI is InChI=1S/C13H27N3O2/c1-2-3-4-5-8-15-12(14)16-11-13(17)6-9-18-10-7-13/h17H,2-11H2,1H3,(H3,14,15,16). The number of aliphatic hydroxyl groups is 1. The Bertz CT molecular complexity index is 251. The molecule has 5 nitrogen and oxygen atoms in total. The molecule has 0 aromatic carbocycles. The van der Waals surface area contributed by atoms with Gasteiger partial charge in [0.25, 0.3) is 0 Å². The minimum absolute atomic E-state index is 0.365. The lowest BCUT2D eigenvalue weighted by molar-refractivity contribution is -0.0565. The lowest BCUT2D eigenvalue weighted by atomic mass is 9.95. The highest BCUT2D eigenvalue weighted by atomic mass is 16.5. The van der Waals surface area contributed by atoms with Crippen LogP contribution in [0, 0.1) is 0 Å². The summed E-state index contributed by atoms with van der Waals surface area (Å²) >= 11 is 0. The Balaban J connectivity index is 2.16. The molecule has 0 atom stereocenters. The van der Waals surface area contributed by atoms with Gasteiger partial charge in [-0.15, -0.1) is 0 Å². The molecule has 0 bridgehead atoms. The maximum atomic E-state index is 10.2. The maximum Gasteiger partial charge on any atom is 0.188 e. The van der Waals surface area contributed by atoms with Crippen molar-refractivity contribution in [1.29, 1.82) is 0 Å². The van der Waals surface area contributed by atoms with Crippen LogP contribution in [-0.2, 0) is 4.74 Å². The van der Waals surface area contributed by atoms with Crippen LogP contribution >= 0.6 is 0 Å². The number of hydrogen-bond donors (Lipinski definition) is 3. The number of nitrogens with two attached hydrogens (primary N) is 1. The van der Waals surface area contributed by atoms with Crippen LogP contribution in [0.15, 0.2) is 4.99 Å². The van der Waals surface area contributed by atoms with Gasteiger partial charge in [-0.05, 0) is 6.42 Å². The summed E-state index contributed by atoms with van der Waals surface area (Å²) in [4.78, 5) is 4.22. The summed E-state index contributed by atoms with van der Waals surface area (Å²) in [6.45, 7) is 4.63. The van der Waals surface area contributed by atoms with E-state index in [1.807, 2.05) is 0 Å². The van der Waals surface area contributed by atoms with Crippen molar-refractivity contribution >= 4 is 5.96 Å². The molecular formula is C13H27N3O2. The van der Waals surface area contributed by atoms with E-state index in [1.165, 1.54) is 19.3 Å². The van der Waals surface area contributed by atoms with Crippen LogP contribution in [0.3, 0.4) is 0 Å². The van der Waals surface area contributed by atoms with Gasteiger partial charge in [0.05, 0.1) is 12.1 Å². The van der Waals surface area contributed by atoms with Crippen molar-refractivity contribution in [3.8, 4) is 0 Å². The fourth-order valence-corrected chi connectivity index (χ4v) is 1.97. The van der Waals surface area contributed by atoms with Gasteiger partial charge in [-0.3, -0.25) is 4.99 Å². The molecule has 106 valence electrons. The Morgan fingerprint density at radius 3 is 2.72 bits per heavy atom. The highest BCUT2D eigenvalue weighted by Gasteiger charge is 2.29. The predicted octanol–water partition coefficient (Wildman–Crippen LogP) is 1.01. The number of nitrogens with zero attached hydrogens (tertiary/aromatic N) is 1. The predicted molar refractivity (Wildman–Crippen MR) is 73.6 cm³/mol. The Hall–Kier alpha value is -0.810. The Labute approximate surface area is 110 Å². The van der Waals surface area contributed by atoms with E-state index in [-0.39, 0.29) is 0 Å². The van der Waals surface area contributed by atoms with Crippen LogP contribution in [0.2, 0.25) is 0 Å². The van der Waals surface area contributed by atoms with Crippen molar-refractivity contribution in [1.82, 2.24) is 5.32 Å². The van der Waals surface area contributed by atoms with Crippen molar-refractivity contribution in [3.63, 3.8) is 0 Å². The highest BCUT2D eigenvalue weighted by Crippen LogP contribution is 2.20. The normalized spacial score (nSPS) is 19.8. The molecule has 0 spiro atoms. The molecule has 0 unspecified atom stereocenters. The lowest BCUT2D eigenvalue weighted by Gasteiger charge is -2.30. The minimum Gasteiger partial charge on any atom is -0.388 e. The highest BCUT2D eigenvalue weighted by molar-refractivity contribution is 5.77. The smallest absolute Gasteiger partial charge is 0.188 e. The van der Waals surface area contributed by atoms with Crippen LogP contribution in [0.5, 0.6) is 0 Å². The SMILES string of the molecule is CCCCCCNC(N)=NCC1(O)CCOCC1. The molecule has 0 aromatic heterocycles. The van der Waals surface area contributed by atoms with Gasteiger partial charge < -0.3 is 20.9 Å². The second-order valence-electron chi connectivity index (χ2n) is 5.03. The van der Waals surface area contributed by atoms with Crippen molar-refractivity contribution < 1.29 is 9.84 Å². The van der Waals surface area contributed by atoms with Gasteiger partial charge in [0.15, 0.2) is 5.96 Å². The van der Waals surface area contributed by atoms with E-state index >= 15 is 0 Å². The first-order chi connectivity index (χ1) is 8.66. The zero-order valence-corrected chi connectivity index (χ0v) is 11.5. The molecule has 0 amide bonds. The first-order valence-corrected chi connectivity index (χ1v) is 7.00. The summed E-state index contributed by atoms with van der Waals surface area (Å²) < 4.78 is 5.22. The summed E-state index contributed by atoms with van der Waals surface area (Å²) in [5, 5.41) is 13.3. The van der Waals surface area contributed by atoms with Gasteiger partial charge in [0.1, 0.15) is 0 Å². The first-order valence-electron chi connectivity index (χ1n) is 7.00. The number of unbranched alkanes of at least 4 members (excludes halogenated alkanes) is 3. The number of aliphatic imine (C=N–C) groups is 1. The number of rotatable bonds is 7. The summed E-state index contributed by atoms with van der Waals surface area (Å²) in [6, 6.07) is 0. The third-order valence-electron chi connectivity index (χ3n) is 3.30. The number of hydrogen-bond acceptors (Lipinski definition) is 3. The van der Waals surface area contributed by atoms with Crippen molar-refractivity contribution in [2.75, 3.05) is 26.3 Å². The molecule has 1 fully saturated rings. The van der Waals surface area contributed by atoms with Crippen molar-refractivity contribution in [2.45, 2.75) is 51.0 Å². The van der Waals surface area contributed by atoms with E-state index in [4.69, 9.17) is 10.5 Å². The van der Waals surface area contributed by atoms with E-state index < -0.39 is 5.60 Å². The summed E-state index contributed by atoms with van der Waals surface area (Å²) in [5.74, 6) is 0.436. The molecule has 1 heterocycles.